The van der Waals surface area contributed by atoms with E-state index < -0.39 is 57.9 Å². The molecule has 1 rings (SSSR count). The molecule has 7 nitrogen and oxygen atoms in total. The quantitative estimate of drug-likeness (QED) is 0.704. The molecule has 148 valence electrons. The van der Waals surface area contributed by atoms with E-state index in [1.54, 1.807) is 0 Å². The molecule has 0 aliphatic carbocycles. The summed E-state index contributed by atoms with van der Waals surface area (Å²) in [6, 6.07) is 2.90. The summed E-state index contributed by atoms with van der Waals surface area (Å²) in [4.78, 5) is 11.5. The molecule has 0 aromatic heterocycles. The lowest BCUT2D eigenvalue weighted by molar-refractivity contribution is -0.199. The lowest BCUT2D eigenvalue weighted by Crippen LogP contribution is -2.55. The van der Waals surface area contributed by atoms with Crippen molar-refractivity contribution in [3.05, 3.63) is 24.3 Å². The van der Waals surface area contributed by atoms with Gasteiger partial charge in [0.2, 0.25) is 20.0 Å². The summed E-state index contributed by atoms with van der Waals surface area (Å²) in [6.07, 6.45) is 0. The van der Waals surface area contributed by atoms with E-state index in [0.717, 1.165) is 26.0 Å². The molecule has 0 heterocycles. The van der Waals surface area contributed by atoms with Crippen molar-refractivity contribution in [1.29, 1.82) is 0 Å². The van der Waals surface area contributed by atoms with E-state index in [1.165, 1.54) is 0 Å². The number of rotatable bonds is 6. The predicted molar refractivity (Wildman–Crippen MR) is 84.9 cm³/mol. The Bertz CT molecular complexity index is 891. The molecule has 0 radical (unpaired) electrons. The Morgan fingerprint density at radius 2 is 1.46 bits per heavy atom. The second-order valence-corrected chi connectivity index (χ2v) is 9.56. The number of hydrogen-bond acceptors (Lipinski definition) is 5. The SMILES string of the molecule is CC(C)S(=O)(=O)N(C(=O)C(F)(F)C(C)(F)F)c1ccc(S(N)(=O)=O)cc1. The fourth-order valence-electron chi connectivity index (χ4n) is 1.68. The van der Waals surface area contributed by atoms with Crippen LogP contribution in [0.4, 0.5) is 23.2 Å². The average Bonchev–Trinajstić information content (AvgIpc) is 2.45. The van der Waals surface area contributed by atoms with Gasteiger partial charge in [-0.25, -0.2) is 26.3 Å². The molecular weight excluding hydrogens is 404 g/mol. The molecule has 1 aromatic carbocycles. The van der Waals surface area contributed by atoms with Crippen LogP contribution in [0.2, 0.25) is 0 Å². The van der Waals surface area contributed by atoms with Crippen LogP contribution in [-0.4, -0.2) is 39.8 Å². The normalized spacial score (nSPS) is 13.7. The van der Waals surface area contributed by atoms with Gasteiger partial charge >= 0.3 is 17.8 Å². The summed E-state index contributed by atoms with van der Waals surface area (Å²) in [6.45, 7) is 1.88. The minimum atomic E-state index is -5.33. The third-order valence-electron chi connectivity index (χ3n) is 3.25. The van der Waals surface area contributed by atoms with Crippen LogP contribution in [0.3, 0.4) is 0 Å². The van der Waals surface area contributed by atoms with E-state index in [2.05, 4.69) is 0 Å². The van der Waals surface area contributed by atoms with Gasteiger partial charge in [0.05, 0.1) is 15.8 Å². The highest BCUT2D eigenvalue weighted by Gasteiger charge is 2.62. The number of nitrogens with zero attached hydrogens (tertiary/aromatic N) is 1. The molecule has 0 aliphatic heterocycles. The second kappa shape index (κ2) is 6.78. The van der Waals surface area contributed by atoms with Gasteiger partial charge in [0, 0.05) is 6.92 Å². The molecule has 0 bridgehead atoms. The molecule has 26 heavy (non-hydrogen) atoms. The highest BCUT2D eigenvalue weighted by atomic mass is 32.2. The zero-order valence-corrected chi connectivity index (χ0v) is 15.4. The first-order valence-electron chi connectivity index (χ1n) is 6.91. The Morgan fingerprint density at radius 1 is 1.04 bits per heavy atom. The Hall–Kier alpha value is -1.73. The zero-order chi connectivity index (χ0) is 20.7. The number of hydrogen-bond donors (Lipinski definition) is 1. The molecule has 0 fully saturated rings. The maximum atomic E-state index is 13.8. The molecule has 13 heteroatoms. The van der Waals surface area contributed by atoms with Crippen LogP contribution >= 0.6 is 0 Å². The number of alkyl halides is 4. The number of carbonyl (C=O) groups is 1. The Kier molecular flexibility index (Phi) is 5.81. The van der Waals surface area contributed by atoms with Crippen molar-refractivity contribution in [1.82, 2.24) is 0 Å². The number of primary sulfonamides is 1. The summed E-state index contributed by atoms with van der Waals surface area (Å²) in [5.41, 5.74) is -0.736. The smallest absolute Gasteiger partial charge is 0.266 e. The van der Waals surface area contributed by atoms with E-state index in [1.807, 2.05) is 0 Å². The van der Waals surface area contributed by atoms with Gasteiger partial charge in [0.15, 0.2) is 0 Å². The van der Waals surface area contributed by atoms with Crippen molar-refractivity contribution in [2.45, 2.75) is 42.8 Å². The molecular formula is C13H16F4N2O5S2. The van der Waals surface area contributed by atoms with Crippen LogP contribution in [0.1, 0.15) is 20.8 Å². The first kappa shape index (κ1) is 22.3. The number of carbonyl (C=O) groups excluding carboxylic acids is 1. The Labute approximate surface area is 147 Å². The minimum absolute atomic E-state index is 0.227. The summed E-state index contributed by atoms with van der Waals surface area (Å²) in [5.74, 6) is -12.8. The number of benzene rings is 1. The van der Waals surface area contributed by atoms with Gasteiger partial charge in [-0.05, 0) is 38.1 Å². The molecule has 0 saturated carbocycles. The predicted octanol–water partition coefficient (Wildman–Crippen LogP) is 1.70. The summed E-state index contributed by atoms with van der Waals surface area (Å²) >= 11 is 0. The monoisotopic (exact) mass is 420 g/mol. The van der Waals surface area contributed by atoms with Crippen molar-refractivity contribution in [2.24, 2.45) is 5.14 Å². The molecule has 0 unspecified atom stereocenters. The molecule has 0 spiro atoms. The van der Waals surface area contributed by atoms with Crippen molar-refractivity contribution in [3.63, 3.8) is 0 Å². The fraction of sp³-hybridized carbons (Fsp3) is 0.462. The summed E-state index contributed by atoms with van der Waals surface area (Å²) < 4.78 is 100. The minimum Gasteiger partial charge on any atom is -0.266 e. The van der Waals surface area contributed by atoms with E-state index in [9.17, 15) is 39.2 Å². The van der Waals surface area contributed by atoms with Crippen molar-refractivity contribution < 1.29 is 39.2 Å². The summed E-state index contributed by atoms with van der Waals surface area (Å²) in [5, 5.41) is 3.45. The summed E-state index contributed by atoms with van der Waals surface area (Å²) in [7, 11) is -8.98. The van der Waals surface area contributed by atoms with Crippen LogP contribution in [0.25, 0.3) is 0 Å². The maximum absolute atomic E-state index is 13.8. The maximum Gasteiger partial charge on any atom is 0.387 e. The van der Waals surface area contributed by atoms with Gasteiger partial charge in [-0.15, -0.1) is 0 Å². The van der Waals surface area contributed by atoms with Crippen molar-refractivity contribution in [2.75, 3.05) is 4.31 Å². The molecule has 0 saturated heterocycles. The first-order chi connectivity index (χ1) is 11.4. The third kappa shape index (κ3) is 4.15. The van der Waals surface area contributed by atoms with Crippen molar-refractivity contribution >= 4 is 31.6 Å². The topological polar surface area (TPSA) is 115 Å². The van der Waals surface area contributed by atoms with Crippen LogP contribution in [0.5, 0.6) is 0 Å². The van der Waals surface area contributed by atoms with Crippen molar-refractivity contribution in [3.8, 4) is 0 Å². The fourth-order valence-corrected chi connectivity index (χ4v) is 3.38. The number of amides is 1. The van der Waals surface area contributed by atoms with Crippen LogP contribution in [-0.2, 0) is 24.8 Å². The molecule has 2 N–H and O–H groups in total. The second-order valence-electron chi connectivity index (χ2n) is 5.66. The average molecular weight is 420 g/mol. The van der Waals surface area contributed by atoms with Crippen LogP contribution in [0, 0.1) is 0 Å². The highest BCUT2D eigenvalue weighted by molar-refractivity contribution is 7.94. The molecule has 0 atom stereocenters. The third-order valence-corrected chi connectivity index (χ3v) is 6.26. The Balaban J connectivity index is 3.62. The molecule has 1 aromatic rings. The van der Waals surface area contributed by atoms with Gasteiger partial charge in [-0.1, -0.05) is 0 Å². The van der Waals surface area contributed by atoms with Gasteiger partial charge in [-0.2, -0.15) is 17.6 Å². The zero-order valence-electron chi connectivity index (χ0n) is 13.8. The molecule has 0 aliphatic rings. The number of anilines is 1. The number of halogens is 4. The largest absolute Gasteiger partial charge is 0.387 e. The van der Waals surface area contributed by atoms with Gasteiger partial charge in [0.25, 0.3) is 0 Å². The molecule has 1 amide bonds. The first-order valence-corrected chi connectivity index (χ1v) is 9.96. The van der Waals surface area contributed by atoms with E-state index in [-0.39, 0.29) is 6.92 Å². The standard InChI is InChI=1S/C13H16F4N2O5S2/c1-8(2)26(23,24)19(11(20)13(16,17)12(3,14)15)9-4-6-10(7-5-9)25(18,21)22/h4-8H,1-3H3,(H2,18,21,22). The van der Waals surface area contributed by atoms with Crippen LogP contribution < -0.4 is 9.44 Å². The van der Waals surface area contributed by atoms with Gasteiger partial charge in [0.1, 0.15) is 0 Å². The van der Waals surface area contributed by atoms with E-state index in [4.69, 9.17) is 5.14 Å². The van der Waals surface area contributed by atoms with Gasteiger partial charge < -0.3 is 0 Å². The van der Waals surface area contributed by atoms with E-state index >= 15 is 0 Å². The van der Waals surface area contributed by atoms with Crippen LogP contribution in [0.15, 0.2) is 29.2 Å². The highest BCUT2D eigenvalue weighted by Crippen LogP contribution is 2.38. The lowest BCUT2D eigenvalue weighted by atomic mass is 10.2. The number of nitrogens with two attached hydrogens (primary N) is 1. The Morgan fingerprint density at radius 3 is 1.77 bits per heavy atom. The number of sulfonamides is 2. The van der Waals surface area contributed by atoms with Gasteiger partial charge in [-0.3, -0.25) is 4.79 Å². The lowest BCUT2D eigenvalue weighted by Gasteiger charge is -2.30. The van der Waals surface area contributed by atoms with E-state index in [0.29, 0.717) is 12.1 Å².